The summed E-state index contributed by atoms with van der Waals surface area (Å²) in [4.78, 5) is 11.0. The molecule has 1 fully saturated rings. The average molecular weight is 157 g/mol. The molecule has 1 aliphatic rings. The third-order valence-electron chi connectivity index (χ3n) is 2.55. The average Bonchev–Trinajstić information content (AvgIpc) is 1.95. The van der Waals surface area contributed by atoms with E-state index in [-0.39, 0.29) is 11.8 Å². The molecule has 0 amide bonds. The van der Waals surface area contributed by atoms with Crippen LogP contribution in [-0.2, 0) is 4.79 Å². The van der Waals surface area contributed by atoms with Crippen molar-refractivity contribution in [2.45, 2.75) is 44.2 Å². The zero-order valence-corrected chi connectivity index (χ0v) is 6.84. The number of nitrogens with two attached hydrogens (primary N) is 1. The van der Waals surface area contributed by atoms with Gasteiger partial charge in [0.1, 0.15) is 5.60 Å². The van der Waals surface area contributed by atoms with Crippen LogP contribution in [-0.4, -0.2) is 22.5 Å². The lowest BCUT2D eigenvalue weighted by molar-refractivity contribution is -0.140. The van der Waals surface area contributed by atoms with Gasteiger partial charge in [-0.1, -0.05) is 6.42 Å². The SMILES string of the molecule is CC(=O)C1(O)CCCCC1N. The monoisotopic (exact) mass is 157 g/mol. The molecule has 0 aromatic carbocycles. The number of hydrogen-bond donors (Lipinski definition) is 2. The van der Waals surface area contributed by atoms with Gasteiger partial charge in [-0.15, -0.1) is 0 Å². The van der Waals surface area contributed by atoms with Gasteiger partial charge in [0, 0.05) is 6.04 Å². The molecule has 0 aromatic rings. The number of hydrogen-bond acceptors (Lipinski definition) is 3. The summed E-state index contributed by atoms with van der Waals surface area (Å²) in [5.41, 5.74) is 4.42. The summed E-state index contributed by atoms with van der Waals surface area (Å²) in [6.45, 7) is 1.41. The van der Waals surface area contributed by atoms with Crippen molar-refractivity contribution >= 4 is 5.78 Å². The minimum absolute atomic E-state index is 0.190. The Labute approximate surface area is 66.6 Å². The molecule has 3 N–H and O–H groups in total. The van der Waals surface area contributed by atoms with E-state index in [0.29, 0.717) is 6.42 Å². The summed E-state index contributed by atoms with van der Waals surface area (Å²) in [6.07, 6.45) is 3.22. The van der Waals surface area contributed by atoms with Crippen LogP contribution in [0.25, 0.3) is 0 Å². The molecule has 3 heteroatoms. The Hall–Kier alpha value is -0.410. The molecule has 0 spiro atoms. The van der Waals surface area contributed by atoms with Crippen molar-refractivity contribution < 1.29 is 9.90 Å². The van der Waals surface area contributed by atoms with Gasteiger partial charge in [0.2, 0.25) is 0 Å². The second-order valence-corrected chi connectivity index (χ2v) is 3.33. The molecular weight excluding hydrogens is 142 g/mol. The zero-order valence-electron chi connectivity index (χ0n) is 6.84. The Balaban J connectivity index is 2.72. The van der Waals surface area contributed by atoms with Crippen LogP contribution in [0.4, 0.5) is 0 Å². The predicted octanol–water partition coefficient (Wildman–Crippen LogP) is 0.208. The first-order valence-corrected chi connectivity index (χ1v) is 4.06. The Morgan fingerprint density at radius 3 is 2.64 bits per heavy atom. The van der Waals surface area contributed by atoms with Crippen molar-refractivity contribution in [1.82, 2.24) is 0 Å². The molecule has 0 aliphatic heterocycles. The van der Waals surface area contributed by atoms with E-state index in [1.54, 1.807) is 0 Å². The highest BCUT2D eigenvalue weighted by Crippen LogP contribution is 2.27. The number of carbonyl (C=O) groups excluding carboxylic acids is 1. The molecule has 0 bridgehead atoms. The van der Waals surface area contributed by atoms with E-state index in [0.717, 1.165) is 19.3 Å². The van der Waals surface area contributed by atoms with Crippen molar-refractivity contribution in [2.24, 2.45) is 5.73 Å². The molecule has 3 nitrogen and oxygen atoms in total. The number of Topliss-reactive ketones (excluding diaryl/α,β-unsaturated/α-hetero) is 1. The molecule has 2 unspecified atom stereocenters. The second-order valence-electron chi connectivity index (χ2n) is 3.33. The minimum Gasteiger partial charge on any atom is -0.380 e. The third kappa shape index (κ3) is 1.44. The van der Waals surface area contributed by atoms with E-state index in [2.05, 4.69) is 0 Å². The van der Waals surface area contributed by atoms with E-state index in [1.807, 2.05) is 0 Å². The lowest BCUT2D eigenvalue weighted by atomic mass is 9.78. The second kappa shape index (κ2) is 2.91. The first-order valence-electron chi connectivity index (χ1n) is 4.06. The van der Waals surface area contributed by atoms with Crippen LogP contribution < -0.4 is 5.73 Å². The molecule has 0 heterocycles. The molecular formula is C8H15NO2. The van der Waals surface area contributed by atoms with Gasteiger partial charge < -0.3 is 10.8 Å². The van der Waals surface area contributed by atoms with Gasteiger partial charge in [-0.3, -0.25) is 4.79 Å². The molecule has 2 atom stereocenters. The quantitative estimate of drug-likeness (QED) is 0.572. The number of ketones is 1. The number of carbonyl (C=O) groups is 1. The molecule has 11 heavy (non-hydrogen) atoms. The molecule has 1 rings (SSSR count). The van der Waals surface area contributed by atoms with Gasteiger partial charge in [0.05, 0.1) is 0 Å². The summed E-state index contributed by atoms with van der Waals surface area (Å²) in [5.74, 6) is -0.190. The van der Waals surface area contributed by atoms with Gasteiger partial charge in [0.25, 0.3) is 0 Å². The van der Waals surface area contributed by atoms with Crippen molar-refractivity contribution in [3.8, 4) is 0 Å². The Morgan fingerprint density at radius 1 is 1.64 bits per heavy atom. The Morgan fingerprint density at radius 2 is 2.27 bits per heavy atom. The van der Waals surface area contributed by atoms with Crippen LogP contribution in [0, 0.1) is 0 Å². The fraction of sp³-hybridized carbons (Fsp3) is 0.875. The Bertz CT molecular complexity index is 169. The van der Waals surface area contributed by atoms with Crippen LogP contribution in [0.15, 0.2) is 0 Å². The fourth-order valence-electron chi connectivity index (χ4n) is 1.62. The van der Waals surface area contributed by atoms with Crippen molar-refractivity contribution in [1.29, 1.82) is 0 Å². The van der Waals surface area contributed by atoms with Gasteiger partial charge in [-0.05, 0) is 26.2 Å². The maximum atomic E-state index is 11.0. The van der Waals surface area contributed by atoms with E-state index < -0.39 is 5.60 Å². The van der Waals surface area contributed by atoms with Crippen LogP contribution in [0.2, 0.25) is 0 Å². The molecule has 0 aromatic heterocycles. The molecule has 1 aliphatic carbocycles. The highest BCUT2D eigenvalue weighted by molar-refractivity contribution is 5.85. The third-order valence-corrected chi connectivity index (χ3v) is 2.55. The van der Waals surface area contributed by atoms with Crippen molar-refractivity contribution in [3.05, 3.63) is 0 Å². The van der Waals surface area contributed by atoms with Crippen LogP contribution >= 0.6 is 0 Å². The Kier molecular flexibility index (Phi) is 2.30. The summed E-state index contributed by atoms with van der Waals surface area (Å²) in [7, 11) is 0. The van der Waals surface area contributed by atoms with Crippen molar-refractivity contribution in [2.75, 3.05) is 0 Å². The van der Waals surface area contributed by atoms with Crippen LogP contribution in [0.5, 0.6) is 0 Å². The lowest BCUT2D eigenvalue weighted by Gasteiger charge is -2.35. The summed E-state index contributed by atoms with van der Waals surface area (Å²) >= 11 is 0. The van der Waals surface area contributed by atoms with Gasteiger partial charge in [-0.25, -0.2) is 0 Å². The first-order chi connectivity index (χ1) is 5.07. The highest BCUT2D eigenvalue weighted by atomic mass is 16.3. The van der Waals surface area contributed by atoms with E-state index >= 15 is 0 Å². The smallest absolute Gasteiger partial charge is 0.162 e. The van der Waals surface area contributed by atoms with Gasteiger partial charge in [0.15, 0.2) is 5.78 Å². The molecule has 0 radical (unpaired) electrons. The molecule has 0 saturated heterocycles. The molecule has 64 valence electrons. The topological polar surface area (TPSA) is 63.3 Å². The normalized spacial score (nSPS) is 38.6. The van der Waals surface area contributed by atoms with Crippen molar-refractivity contribution in [3.63, 3.8) is 0 Å². The van der Waals surface area contributed by atoms with E-state index in [4.69, 9.17) is 5.73 Å². The first kappa shape index (κ1) is 8.68. The zero-order chi connectivity index (χ0) is 8.48. The number of aliphatic hydroxyl groups is 1. The molecule has 1 saturated carbocycles. The predicted molar refractivity (Wildman–Crippen MR) is 42.1 cm³/mol. The van der Waals surface area contributed by atoms with Crippen LogP contribution in [0.3, 0.4) is 0 Å². The summed E-state index contributed by atoms with van der Waals surface area (Å²) < 4.78 is 0. The standard InChI is InChI=1S/C8H15NO2/c1-6(10)8(11)5-3-2-4-7(8)9/h7,11H,2-5,9H2,1H3. The van der Waals surface area contributed by atoms with Gasteiger partial charge in [-0.2, -0.15) is 0 Å². The maximum absolute atomic E-state index is 11.0. The lowest BCUT2D eigenvalue weighted by Crippen LogP contribution is -2.54. The van der Waals surface area contributed by atoms with E-state index in [1.165, 1.54) is 6.92 Å². The van der Waals surface area contributed by atoms with E-state index in [9.17, 15) is 9.90 Å². The summed E-state index contributed by atoms with van der Waals surface area (Å²) in [6, 6.07) is -0.353. The maximum Gasteiger partial charge on any atom is 0.162 e. The van der Waals surface area contributed by atoms with Gasteiger partial charge >= 0.3 is 0 Å². The highest BCUT2D eigenvalue weighted by Gasteiger charge is 2.40. The fourth-order valence-corrected chi connectivity index (χ4v) is 1.62. The van der Waals surface area contributed by atoms with Crippen LogP contribution in [0.1, 0.15) is 32.6 Å². The summed E-state index contributed by atoms with van der Waals surface area (Å²) in [5, 5.41) is 9.74. The number of rotatable bonds is 1. The largest absolute Gasteiger partial charge is 0.380 e. The minimum atomic E-state index is -1.22.